The van der Waals surface area contributed by atoms with Crippen molar-refractivity contribution in [3.63, 3.8) is 0 Å². The Morgan fingerprint density at radius 3 is 2.42 bits per heavy atom. The number of anilines is 1. The van der Waals surface area contributed by atoms with Crippen LogP contribution >= 0.6 is 0 Å². The van der Waals surface area contributed by atoms with Gasteiger partial charge in [-0.25, -0.2) is 13.2 Å². The van der Waals surface area contributed by atoms with Crippen molar-refractivity contribution in [3.8, 4) is 28.2 Å². The molecule has 206 valence electrons. The maximum atomic E-state index is 13.6. The molecular weight excluding hydrogens is 525 g/mol. The van der Waals surface area contributed by atoms with Crippen molar-refractivity contribution in [2.24, 2.45) is 5.92 Å². The smallest absolute Gasteiger partial charge is 0.255 e. The lowest BCUT2D eigenvalue weighted by Crippen LogP contribution is -2.30. The van der Waals surface area contributed by atoms with Gasteiger partial charge in [0.1, 0.15) is 23.1 Å². The zero-order valence-corrected chi connectivity index (χ0v) is 21.6. The average molecular weight is 551 g/mol. The number of nitrogens with zero attached hydrogens (tertiary/aromatic N) is 1. The van der Waals surface area contributed by atoms with Crippen molar-refractivity contribution < 1.29 is 31.9 Å². The van der Waals surface area contributed by atoms with Crippen molar-refractivity contribution in [2.45, 2.75) is 24.8 Å². The number of carbonyl (C=O) groups is 2. The van der Waals surface area contributed by atoms with Crippen LogP contribution in [0.5, 0.6) is 5.75 Å². The number of ether oxygens (including phenoxy) is 1. The van der Waals surface area contributed by atoms with E-state index in [2.05, 4.69) is 20.9 Å². The first-order chi connectivity index (χ1) is 19.2. The van der Waals surface area contributed by atoms with Crippen molar-refractivity contribution in [1.29, 1.82) is 0 Å². The molecule has 2 aliphatic carbocycles. The molecule has 3 N–H and O–H groups in total. The molecule has 11 heteroatoms. The van der Waals surface area contributed by atoms with Crippen molar-refractivity contribution in [3.05, 3.63) is 65.5 Å². The highest BCUT2D eigenvalue weighted by Crippen LogP contribution is 2.66. The molecule has 2 aliphatic rings. The molecule has 4 aromatic rings. The molecule has 0 unspecified atom stereocenters. The van der Waals surface area contributed by atoms with Gasteiger partial charge in [0.25, 0.3) is 18.2 Å². The van der Waals surface area contributed by atoms with E-state index in [-0.39, 0.29) is 39.9 Å². The fourth-order valence-corrected chi connectivity index (χ4v) is 4.96. The number of methoxy groups -OCH3 is 1. The first kappa shape index (κ1) is 25.7. The van der Waals surface area contributed by atoms with Crippen molar-refractivity contribution in [1.82, 2.24) is 15.6 Å². The Balaban J connectivity index is 1.51. The predicted octanol–water partition coefficient (Wildman–Crippen LogP) is 5.24. The maximum absolute atomic E-state index is 13.6. The molecule has 0 bridgehead atoms. The van der Waals surface area contributed by atoms with E-state index in [9.17, 15) is 22.8 Å². The minimum absolute atomic E-state index is 0.0255. The minimum Gasteiger partial charge on any atom is -0.496 e. The lowest BCUT2D eigenvalue weighted by molar-refractivity contribution is 0.0936. The summed E-state index contributed by atoms with van der Waals surface area (Å²) in [6.07, 6.45) is -0.746. The molecule has 0 saturated heterocycles. The molecule has 2 heterocycles. The maximum Gasteiger partial charge on any atom is 0.255 e. The summed E-state index contributed by atoms with van der Waals surface area (Å²) in [7, 11) is 2.92. The number of furan rings is 1. The second-order valence-corrected chi connectivity index (χ2v) is 10.0. The highest BCUT2D eigenvalue weighted by molar-refractivity contribution is 6.11. The standard InChI is InChI=1S/C29H25F3N4O4/c1-33-27(38)23-20-10-18(15-5-8-21(39-2)19(9-15)26(37)36-29-11-16(29)12-29)25(34-13-22(31)32)35-28(20)40-24(23)14-3-6-17(30)7-4-14/h3-10,16,22H,11-13H2,1-2H3,(H,33,38)(H,34,35)(H,36,37). The molecule has 8 nitrogen and oxygen atoms in total. The SMILES string of the molecule is CNC(=O)c1c(-c2ccc(F)cc2)oc2nc(NCC(F)F)c(-c3ccc(OC)c(C(=O)NC45CC4C5)c3)cc12. The summed E-state index contributed by atoms with van der Waals surface area (Å²) in [6, 6.07) is 11.9. The Labute approximate surface area is 226 Å². The van der Waals surface area contributed by atoms with Crippen LogP contribution in [0.2, 0.25) is 0 Å². The van der Waals surface area contributed by atoms with Gasteiger partial charge in [0.2, 0.25) is 5.71 Å². The molecule has 40 heavy (non-hydrogen) atoms. The number of hydrogen-bond acceptors (Lipinski definition) is 6. The molecule has 0 radical (unpaired) electrons. The van der Waals surface area contributed by atoms with Gasteiger partial charge < -0.3 is 25.1 Å². The van der Waals surface area contributed by atoms with E-state index in [1.54, 1.807) is 24.3 Å². The molecule has 2 saturated carbocycles. The number of aromatic nitrogens is 1. The summed E-state index contributed by atoms with van der Waals surface area (Å²) in [5.41, 5.74) is 1.65. The zero-order valence-electron chi connectivity index (χ0n) is 21.6. The van der Waals surface area contributed by atoms with Crippen molar-refractivity contribution in [2.75, 3.05) is 26.0 Å². The van der Waals surface area contributed by atoms with Gasteiger partial charge in [0, 0.05) is 23.7 Å². The van der Waals surface area contributed by atoms with Gasteiger partial charge >= 0.3 is 0 Å². The Bertz CT molecular complexity index is 1650. The lowest BCUT2D eigenvalue weighted by Gasteiger charge is -2.15. The summed E-state index contributed by atoms with van der Waals surface area (Å²) >= 11 is 0. The second kappa shape index (κ2) is 9.58. The normalized spacial score (nSPS) is 18.8. The number of benzene rings is 2. The summed E-state index contributed by atoms with van der Waals surface area (Å²) in [5, 5.41) is 8.62. The highest BCUT2D eigenvalue weighted by atomic mass is 19.3. The third-order valence-electron chi connectivity index (χ3n) is 7.47. The molecule has 2 amide bonds. The van der Waals surface area contributed by atoms with E-state index in [1.165, 1.54) is 38.4 Å². The van der Waals surface area contributed by atoms with E-state index < -0.39 is 24.7 Å². The number of rotatable bonds is 9. The molecule has 0 atom stereocenters. The Hall–Kier alpha value is -4.54. The predicted molar refractivity (Wildman–Crippen MR) is 142 cm³/mol. The van der Waals surface area contributed by atoms with Crippen LogP contribution in [0, 0.1) is 11.7 Å². The fourth-order valence-electron chi connectivity index (χ4n) is 4.96. The van der Waals surface area contributed by atoms with Crippen LogP contribution in [0.15, 0.2) is 52.9 Å². The van der Waals surface area contributed by atoms with Crippen LogP contribution in [-0.4, -0.2) is 49.5 Å². The molecular formula is C29H25F3N4O4. The Morgan fingerprint density at radius 1 is 1.10 bits per heavy atom. The Morgan fingerprint density at radius 2 is 1.80 bits per heavy atom. The van der Waals surface area contributed by atoms with E-state index >= 15 is 0 Å². The van der Waals surface area contributed by atoms with E-state index in [4.69, 9.17) is 9.15 Å². The number of halogens is 3. The number of carbonyl (C=O) groups excluding carboxylic acids is 2. The highest BCUT2D eigenvalue weighted by Gasteiger charge is 2.70. The number of fused-ring (bicyclic) bond motifs is 2. The zero-order chi connectivity index (χ0) is 28.2. The summed E-state index contributed by atoms with van der Waals surface area (Å²) in [4.78, 5) is 30.6. The third-order valence-corrected chi connectivity index (χ3v) is 7.47. The molecule has 2 fully saturated rings. The number of pyridine rings is 1. The fraction of sp³-hybridized carbons (Fsp3) is 0.276. The first-order valence-corrected chi connectivity index (χ1v) is 12.7. The van der Waals surface area contributed by atoms with Gasteiger partial charge in [0.15, 0.2) is 0 Å². The summed E-state index contributed by atoms with van der Waals surface area (Å²) in [6.45, 7) is -0.688. The second-order valence-electron chi connectivity index (χ2n) is 10.0. The van der Waals surface area contributed by atoms with Gasteiger partial charge in [-0.3, -0.25) is 9.59 Å². The monoisotopic (exact) mass is 550 g/mol. The van der Waals surface area contributed by atoms with Crippen LogP contribution in [0.1, 0.15) is 33.6 Å². The molecule has 2 aromatic heterocycles. The number of amides is 2. The molecule has 0 aliphatic heterocycles. The topological polar surface area (TPSA) is 105 Å². The van der Waals surface area contributed by atoms with Gasteiger partial charge in [-0.15, -0.1) is 0 Å². The lowest BCUT2D eigenvalue weighted by atomic mass is 9.99. The van der Waals surface area contributed by atoms with Gasteiger partial charge in [-0.2, -0.15) is 4.98 Å². The number of hydrogen-bond donors (Lipinski definition) is 3. The Kier molecular flexibility index (Phi) is 6.16. The van der Waals surface area contributed by atoms with E-state index in [0.717, 1.165) is 12.8 Å². The quantitative estimate of drug-likeness (QED) is 0.263. The average Bonchev–Trinajstić information content (AvgIpc) is 3.77. The summed E-state index contributed by atoms with van der Waals surface area (Å²) < 4.78 is 51.4. The molecule has 2 aromatic carbocycles. The molecule has 6 rings (SSSR count). The van der Waals surface area contributed by atoms with Crippen LogP contribution in [-0.2, 0) is 0 Å². The number of nitrogens with one attached hydrogen (secondary N) is 3. The minimum atomic E-state index is -2.67. The van der Waals surface area contributed by atoms with Gasteiger partial charge in [-0.05, 0) is 66.8 Å². The van der Waals surface area contributed by atoms with Crippen LogP contribution < -0.4 is 20.7 Å². The summed E-state index contributed by atoms with van der Waals surface area (Å²) in [5.74, 6) is -0.106. The largest absolute Gasteiger partial charge is 0.496 e. The van der Waals surface area contributed by atoms with Gasteiger partial charge in [0.05, 0.1) is 30.2 Å². The van der Waals surface area contributed by atoms with Gasteiger partial charge in [-0.1, -0.05) is 6.07 Å². The van der Waals surface area contributed by atoms with Crippen molar-refractivity contribution >= 4 is 28.7 Å². The first-order valence-electron chi connectivity index (χ1n) is 12.7. The van der Waals surface area contributed by atoms with Crippen LogP contribution in [0.4, 0.5) is 19.0 Å². The molecule has 0 spiro atoms. The van der Waals surface area contributed by atoms with Crippen LogP contribution in [0.25, 0.3) is 33.6 Å². The van der Waals surface area contributed by atoms with E-state index in [1.807, 2.05) is 0 Å². The van der Waals surface area contributed by atoms with Crippen LogP contribution in [0.3, 0.4) is 0 Å². The number of alkyl halides is 2. The van der Waals surface area contributed by atoms with E-state index in [0.29, 0.717) is 33.7 Å². The third kappa shape index (κ3) is 4.51.